The van der Waals surface area contributed by atoms with Crippen LogP contribution in [0.25, 0.3) is 11.3 Å². The molecule has 2 heterocycles. The van der Waals surface area contributed by atoms with Crippen molar-refractivity contribution in [2.75, 3.05) is 10.2 Å². The van der Waals surface area contributed by atoms with Crippen LogP contribution in [0.2, 0.25) is 5.02 Å². The number of halogens is 1. The zero-order chi connectivity index (χ0) is 29.6. The molecular weight excluding hydrogens is 554 g/mol. The molecule has 1 aliphatic carbocycles. The minimum absolute atomic E-state index is 0.0576. The second-order valence-corrected chi connectivity index (χ2v) is 11.9. The van der Waals surface area contributed by atoms with Gasteiger partial charge in [0.15, 0.2) is 5.78 Å². The van der Waals surface area contributed by atoms with E-state index in [2.05, 4.69) is 5.32 Å². The molecule has 2 aliphatic rings. The van der Waals surface area contributed by atoms with Gasteiger partial charge in [0.25, 0.3) is 5.69 Å². The van der Waals surface area contributed by atoms with Crippen LogP contribution in [0.3, 0.4) is 0 Å². The Labute approximate surface area is 247 Å². The number of nitro benzene ring substituents is 1. The smallest absolute Gasteiger partial charge is 0.280 e. The molecule has 6 rings (SSSR count). The van der Waals surface area contributed by atoms with E-state index in [4.69, 9.17) is 16.0 Å². The van der Waals surface area contributed by atoms with E-state index in [1.54, 1.807) is 59.5 Å². The van der Waals surface area contributed by atoms with Crippen LogP contribution >= 0.6 is 11.6 Å². The van der Waals surface area contributed by atoms with E-state index < -0.39 is 11.0 Å². The van der Waals surface area contributed by atoms with Gasteiger partial charge in [-0.2, -0.15) is 0 Å². The van der Waals surface area contributed by atoms with Crippen LogP contribution in [0.1, 0.15) is 44.1 Å². The number of carbonyl (C=O) groups excluding carboxylic acids is 2. The maximum atomic E-state index is 14.3. The predicted octanol–water partition coefficient (Wildman–Crippen LogP) is 7.89. The Balaban J connectivity index is 1.54. The van der Waals surface area contributed by atoms with Gasteiger partial charge >= 0.3 is 0 Å². The summed E-state index contributed by atoms with van der Waals surface area (Å²) in [5.41, 5.74) is 3.19. The third kappa shape index (κ3) is 5.10. The topological polar surface area (TPSA) is 106 Å². The summed E-state index contributed by atoms with van der Waals surface area (Å²) in [6.45, 7) is 4.09. The summed E-state index contributed by atoms with van der Waals surface area (Å²) in [4.78, 5) is 41.1. The Hall–Kier alpha value is -4.69. The van der Waals surface area contributed by atoms with E-state index in [0.717, 1.165) is 11.3 Å². The molecule has 1 aliphatic heterocycles. The molecule has 9 heteroatoms. The average molecular weight is 582 g/mol. The zero-order valence-corrected chi connectivity index (χ0v) is 23.9. The summed E-state index contributed by atoms with van der Waals surface area (Å²) in [7, 11) is 0. The van der Waals surface area contributed by atoms with Crippen LogP contribution in [0.5, 0.6) is 0 Å². The van der Waals surface area contributed by atoms with Crippen molar-refractivity contribution in [3.63, 3.8) is 0 Å². The summed E-state index contributed by atoms with van der Waals surface area (Å²) >= 11 is 6.09. The van der Waals surface area contributed by atoms with Gasteiger partial charge < -0.3 is 9.73 Å². The second kappa shape index (κ2) is 10.6. The van der Waals surface area contributed by atoms with Gasteiger partial charge in [0.2, 0.25) is 5.91 Å². The number of nitro groups is 1. The molecule has 4 aromatic rings. The minimum atomic E-state index is -0.893. The molecule has 1 aromatic heterocycles. The largest absolute Gasteiger partial charge is 0.458 e. The number of rotatable bonds is 5. The number of anilines is 2. The Kier molecular flexibility index (Phi) is 6.94. The molecule has 0 saturated heterocycles. The van der Waals surface area contributed by atoms with Crippen molar-refractivity contribution in [2.45, 2.75) is 39.2 Å². The summed E-state index contributed by atoms with van der Waals surface area (Å²) in [5, 5.41) is 15.8. The van der Waals surface area contributed by atoms with Gasteiger partial charge in [0, 0.05) is 28.8 Å². The second-order valence-electron chi connectivity index (χ2n) is 11.4. The summed E-state index contributed by atoms with van der Waals surface area (Å²) in [5.74, 6) is 0.288. The number of amides is 1. The van der Waals surface area contributed by atoms with Gasteiger partial charge in [0.1, 0.15) is 17.6 Å². The van der Waals surface area contributed by atoms with E-state index in [0.29, 0.717) is 46.1 Å². The summed E-state index contributed by atoms with van der Waals surface area (Å²) in [6, 6.07) is 23.3. The number of nitrogens with one attached hydrogen (secondary N) is 1. The molecule has 212 valence electrons. The summed E-state index contributed by atoms with van der Waals surface area (Å²) < 4.78 is 6.34. The first-order chi connectivity index (χ1) is 20.1. The average Bonchev–Trinajstić information content (AvgIpc) is 3.38. The van der Waals surface area contributed by atoms with Crippen molar-refractivity contribution in [3.05, 3.63) is 123 Å². The molecule has 1 N–H and O–H groups in total. The highest BCUT2D eigenvalue weighted by atomic mass is 35.5. The maximum Gasteiger partial charge on any atom is 0.280 e. The fourth-order valence-electron chi connectivity index (χ4n) is 5.88. The van der Waals surface area contributed by atoms with Gasteiger partial charge in [-0.3, -0.25) is 24.6 Å². The van der Waals surface area contributed by atoms with Crippen molar-refractivity contribution >= 4 is 40.4 Å². The fourth-order valence-corrected chi connectivity index (χ4v) is 6.01. The predicted molar refractivity (Wildman–Crippen MR) is 161 cm³/mol. The van der Waals surface area contributed by atoms with Crippen LogP contribution in [-0.2, 0) is 16.0 Å². The number of para-hydroxylation sites is 3. The normalized spacial score (nSPS) is 17.6. The molecule has 0 bridgehead atoms. The molecule has 0 radical (unpaired) electrons. The Morgan fingerprint density at radius 1 is 1.02 bits per heavy atom. The highest BCUT2D eigenvalue weighted by Crippen LogP contribution is 2.49. The number of allylic oxidation sites excluding steroid dienone is 1. The van der Waals surface area contributed by atoms with Crippen LogP contribution in [0, 0.1) is 15.5 Å². The number of furan rings is 1. The van der Waals surface area contributed by atoms with Crippen LogP contribution in [0.15, 0.2) is 101 Å². The van der Waals surface area contributed by atoms with Crippen molar-refractivity contribution in [2.24, 2.45) is 5.41 Å². The van der Waals surface area contributed by atoms with Crippen molar-refractivity contribution in [1.29, 1.82) is 0 Å². The number of benzene rings is 3. The van der Waals surface area contributed by atoms with Crippen LogP contribution in [-0.4, -0.2) is 16.6 Å². The van der Waals surface area contributed by atoms with E-state index in [1.807, 2.05) is 38.1 Å². The van der Waals surface area contributed by atoms with Gasteiger partial charge in [0.05, 0.1) is 28.3 Å². The highest BCUT2D eigenvalue weighted by molar-refractivity contribution is 6.30. The van der Waals surface area contributed by atoms with E-state index in [-0.39, 0.29) is 35.0 Å². The lowest BCUT2D eigenvalue weighted by Gasteiger charge is -2.36. The van der Waals surface area contributed by atoms with E-state index in [1.165, 1.54) is 6.07 Å². The number of hydrogen-bond acceptors (Lipinski definition) is 6. The first-order valence-electron chi connectivity index (χ1n) is 13.6. The number of carbonyl (C=O) groups is 2. The number of hydrogen-bond donors (Lipinski definition) is 1. The van der Waals surface area contributed by atoms with Gasteiger partial charge in [-0.15, -0.1) is 0 Å². The van der Waals surface area contributed by atoms with Gasteiger partial charge in [-0.25, -0.2) is 0 Å². The number of Topliss-reactive ketones (excluding diaryl/α,β-unsaturated/α-hetero) is 1. The quantitative estimate of drug-likeness (QED) is 0.190. The van der Waals surface area contributed by atoms with Crippen LogP contribution in [0.4, 0.5) is 17.1 Å². The number of fused-ring (bicyclic) bond motifs is 1. The van der Waals surface area contributed by atoms with Crippen molar-refractivity contribution in [3.8, 4) is 11.3 Å². The van der Waals surface area contributed by atoms with Crippen molar-refractivity contribution in [1.82, 2.24) is 0 Å². The molecule has 0 spiro atoms. The van der Waals surface area contributed by atoms with E-state index >= 15 is 0 Å². The monoisotopic (exact) mass is 581 g/mol. The number of nitrogens with zero attached hydrogens (tertiary/aromatic N) is 2. The van der Waals surface area contributed by atoms with Gasteiger partial charge in [-0.1, -0.05) is 61.8 Å². The first-order valence-corrected chi connectivity index (χ1v) is 14.0. The molecular formula is C33H28ClN3O5. The third-order valence-electron chi connectivity index (χ3n) is 7.70. The molecule has 0 fully saturated rings. The Bertz CT molecular complexity index is 1760. The van der Waals surface area contributed by atoms with Crippen molar-refractivity contribution < 1.29 is 18.9 Å². The maximum absolute atomic E-state index is 14.3. The molecule has 1 amide bonds. The Morgan fingerprint density at radius 2 is 1.74 bits per heavy atom. The molecule has 3 aromatic carbocycles. The molecule has 0 unspecified atom stereocenters. The lowest BCUT2D eigenvalue weighted by atomic mass is 9.74. The SMILES string of the molecule is CC1(C)CC(=O)C2=C(C1)Nc1ccccc1N(C(=O)Cc1ccc(Cl)cc1)[C@H]2c1ccc(-c2ccccc2[N+](=O)[O-])o1. The number of ketones is 1. The first kappa shape index (κ1) is 27.5. The lowest BCUT2D eigenvalue weighted by Crippen LogP contribution is -2.40. The lowest BCUT2D eigenvalue weighted by molar-refractivity contribution is -0.384. The van der Waals surface area contributed by atoms with Gasteiger partial charge in [-0.05, 0) is 59.9 Å². The minimum Gasteiger partial charge on any atom is -0.458 e. The third-order valence-corrected chi connectivity index (χ3v) is 7.95. The fraction of sp³-hybridized carbons (Fsp3) is 0.212. The molecule has 0 saturated carbocycles. The van der Waals surface area contributed by atoms with Crippen LogP contribution < -0.4 is 10.2 Å². The zero-order valence-electron chi connectivity index (χ0n) is 23.1. The molecule has 1 atom stereocenters. The standard InChI is InChI=1S/C33H28ClN3O5/c1-33(2)18-24-31(27(38)19-33)32(29-16-15-28(42-29)22-7-3-5-9-25(22)37(40)41)36(26-10-6-4-8-23(26)35-24)30(39)17-20-11-13-21(34)14-12-20/h3-16,32,35H,17-19H2,1-2H3/t32-/m0/s1. The van der Waals surface area contributed by atoms with E-state index in [9.17, 15) is 19.7 Å². The molecule has 8 nitrogen and oxygen atoms in total. The molecule has 42 heavy (non-hydrogen) atoms. The highest BCUT2D eigenvalue weighted by Gasteiger charge is 2.44. The Morgan fingerprint density at radius 3 is 2.50 bits per heavy atom. The summed E-state index contributed by atoms with van der Waals surface area (Å²) in [6.07, 6.45) is 0.954.